The van der Waals surface area contributed by atoms with Gasteiger partial charge in [0.1, 0.15) is 0 Å². The maximum Gasteiger partial charge on any atom is 0.161 e. The molecule has 0 saturated heterocycles. The van der Waals surface area contributed by atoms with Gasteiger partial charge in [0.15, 0.2) is 17.3 Å². The normalized spacial score (nSPS) is 13.1. The van der Waals surface area contributed by atoms with Crippen LogP contribution in [0.25, 0.3) is 22.4 Å². The van der Waals surface area contributed by atoms with Gasteiger partial charge in [-0.15, -0.1) is 0 Å². The Bertz CT molecular complexity index is 1250. The predicted octanol–water partition coefficient (Wildman–Crippen LogP) is 8.62. The average molecular weight is 530 g/mol. The van der Waals surface area contributed by atoms with E-state index >= 15 is 0 Å². The quantitative estimate of drug-likeness (QED) is 0.158. The molecule has 5 nitrogen and oxygen atoms in total. The first-order chi connectivity index (χ1) is 18.8. The summed E-state index contributed by atoms with van der Waals surface area (Å²) in [7, 11) is 0. The number of ketones is 1. The number of carbonyl (C=O) groups excluding carboxylic acids is 1. The van der Waals surface area contributed by atoms with Crippen LogP contribution in [0, 0.1) is 11.8 Å². The monoisotopic (exact) mass is 529 g/mol. The fourth-order valence-electron chi connectivity index (χ4n) is 4.01. The summed E-state index contributed by atoms with van der Waals surface area (Å²) in [5.74, 6) is 2.49. The zero-order valence-corrected chi connectivity index (χ0v) is 24.1. The lowest BCUT2D eigenvalue weighted by molar-refractivity contribution is -0.112. The number of carbonyl (C=O) groups is 1. The highest BCUT2D eigenvalue weighted by Gasteiger charge is 2.12. The minimum absolute atomic E-state index is 0.121. The minimum atomic E-state index is -0.144. The van der Waals surface area contributed by atoms with E-state index in [1.165, 1.54) is 13.0 Å². The second-order valence-electron chi connectivity index (χ2n) is 10.5. The molecular weight excluding hydrogens is 486 g/mol. The van der Waals surface area contributed by atoms with Crippen molar-refractivity contribution in [2.45, 2.75) is 66.7 Å². The van der Waals surface area contributed by atoms with Gasteiger partial charge in [-0.2, -0.15) is 0 Å². The third-order valence-electron chi connectivity index (χ3n) is 6.92. The third-order valence-corrected chi connectivity index (χ3v) is 6.92. The Morgan fingerprint density at radius 3 is 2.21 bits per heavy atom. The SMILES string of the molecule is CCC(C)COc1ccc(-c2cccc(-c3cccc(CCCC(O)=CC(C)=O)n3)c2)cc1OCC(C)CC. The van der Waals surface area contributed by atoms with Crippen LogP contribution in [0.3, 0.4) is 0 Å². The van der Waals surface area contributed by atoms with Crippen molar-refractivity contribution < 1.29 is 19.4 Å². The number of aliphatic hydroxyl groups is 1. The molecule has 1 N–H and O–H groups in total. The summed E-state index contributed by atoms with van der Waals surface area (Å²) in [6.07, 6.45) is 5.31. The highest BCUT2D eigenvalue weighted by molar-refractivity contribution is 5.87. The van der Waals surface area contributed by atoms with Gasteiger partial charge in [-0.05, 0) is 73.1 Å². The number of ether oxygens (including phenoxy) is 2. The number of rotatable bonds is 15. The first kappa shape index (κ1) is 29.9. The van der Waals surface area contributed by atoms with Crippen molar-refractivity contribution in [3.63, 3.8) is 0 Å². The van der Waals surface area contributed by atoms with E-state index in [2.05, 4.69) is 64.1 Å². The maximum atomic E-state index is 11.1. The number of hydrogen-bond acceptors (Lipinski definition) is 5. The highest BCUT2D eigenvalue weighted by atomic mass is 16.5. The summed E-state index contributed by atoms with van der Waals surface area (Å²) in [5, 5.41) is 9.85. The van der Waals surface area contributed by atoms with Crippen molar-refractivity contribution in [1.82, 2.24) is 4.98 Å². The largest absolute Gasteiger partial charge is 0.512 e. The Kier molecular flexibility index (Phi) is 11.6. The minimum Gasteiger partial charge on any atom is -0.512 e. The molecule has 2 unspecified atom stereocenters. The Hall–Kier alpha value is -3.60. The number of benzene rings is 2. The predicted molar refractivity (Wildman–Crippen MR) is 159 cm³/mol. The van der Waals surface area contributed by atoms with Gasteiger partial charge in [0.2, 0.25) is 0 Å². The lowest BCUT2D eigenvalue weighted by Crippen LogP contribution is -2.11. The van der Waals surface area contributed by atoms with E-state index in [4.69, 9.17) is 14.5 Å². The second-order valence-corrected chi connectivity index (χ2v) is 10.5. The molecule has 0 spiro atoms. The van der Waals surface area contributed by atoms with Crippen LogP contribution in [-0.2, 0) is 11.2 Å². The van der Waals surface area contributed by atoms with Gasteiger partial charge in [-0.25, -0.2) is 0 Å². The molecule has 39 heavy (non-hydrogen) atoms. The summed E-state index contributed by atoms with van der Waals surface area (Å²) in [6, 6.07) is 20.6. The van der Waals surface area contributed by atoms with Crippen molar-refractivity contribution in [2.24, 2.45) is 11.8 Å². The van der Waals surface area contributed by atoms with Crippen molar-refractivity contribution >= 4 is 5.78 Å². The molecule has 0 aliphatic carbocycles. The van der Waals surface area contributed by atoms with E-state index in [0.29, 0.717) is 31.5 Å². The molecule has 208 valence electrons. The van der Waals surface area contributed by atoms with Gasteiger partial charge in [-0.1, -0.05) is 70.9 Å². The molecule has 3 aromatic rings. The van der Waals surface area contributed by atoms with Crippen LogP contribution in [0.15, 0.2) is 72.5 Å². The van der Waals surface area contributed by atoms with Gasteiger partial charge in [0.25, 0.3) is 0 Å². The lowest BCUT2D eigenvalue weighted by Gasteiger charge is -2.18. The molecule has 0 aliphatic heterocycles. The van der Waals surface area contributed by atoms with E-state index in [-0.39, 0.29) is 11.5 Å². The van der Waals surface area contributed by atoms with Gasteiger partial charge in [0, 0.05) is 23.8 Å². The number of allylic oxidation sites excluding steroid dienone is 2. The van der Waals surface area contributed by atoms with E-state index in [9.17, 15) is 9.90 Å². The Labute approximate surface area is 233 Å². The second kappa shape index (κ2) is 15.1. The first-order valence-corrected chi connectivity index (χ1v) is 14.2. The maximum absolute atomic E-state index is 11.1. The fourth-order valence-corrected chi connectivity index (χ4v) is 4.01. The van der Waals surface area contributed by atoms with Crippen molar-refractivity contribution in [3.05, 3.63) is 78.2 Å². The molecular formula is C34H43NO4. The zero-order valence-electron chi connectivity index (χ0n) is 24.1. The van der Waals surface area contributed by atoms with Gasteiger partial charge >= 0.3 is 0 Å². The first-order valence-electron chi connectivity index (χ1n) is 14.2. The average Bonchev–Trinajstić information content (AvgIpc) is 2.94. The molecule has 2 aromatic carbocycles. The Morgan fingerprint density at radius 2 is 1.51 bits per heavy atom. The summed E-state index contributed by atoms with van der Waals surface area (Å²) in [4.78, 5) is 16.0. The summed E-state index contributed by atoms with van der Waals surface area (Å²) >= 11 is 0. The van der Waals surface area contributed by atoms with Crippen LogP contribution in [0.5, 0.6) is 11.5 Å². The molecule has 0 bridgehead atoms. The third kappa shape index (κ3) is 9.58. The lowest BCUT2D eigenvalue weighted by atomic mass is 10.0. The van der Waals surface area contributed by atoms with Gasteiger partial charge in [-0.3, -0.25) is 9.78 Å². The van der Waals surface area contributed by atoms with E-state index in [0.717, 1.165) is 65.3 Å². The van der Waals surface area contributed by atoms with Gasteiger partial charge in [0.05, 0.1) is 24.7 Å². The van der Waals surface area contributed by atoms with Crippen molar-refractivity contribution in [2.75, 3.05) is 13.2 Å². The van der Waals surface area contributed by atoms with Crippen LogP contribution < -0.4 is 9.47 Å². The van der Waals surface area contributed by atoms with E-state index in [1.807, 2.05) is 24.3 Å². The van der Waals surface area contributed by atoms with Crippen LogP contribution in [0.2, 0.25) is 0 Å². The van der Waals surface area contributed by atoms with Crippen molar-refractivity contribution in [3.8, 4) is 33.9 Å². The Balaban J connectivity index is 1.80. The van der Waals surface area contributed by atoms with E-state index < -0.39 is 0 Å². The number of aromatic nitrogens is 1. The number of hydrogen-bond donors (Lipinski definition) is 1. The molecule has 0 fully saturated rings. The number of nitrogens with zero attached hydrogens (tertiary/aromatic N) is 1. The fraction of sp³-hybridized carbons (Fsp3) is 0.412. The Morgan fingerprint density at radius 1 is 0.872 bits per heavy atom. The highest BCUT2D eigenvalue weighted by Crippen LogP contribution is 2.35. The van der Waals surface area contributed by atoms with E-state index in [1.54, 1.807) is 0 Å². The molecule has 1 aromatic heterocycles. The molecule has 0 amide bonds. The molecule has 1 heterocycles. The molecule has 5 heteroatoms. The van der Waals surface area contributed by atoms with Crippen molar-refractivity contribution in [1.29, 1.82) is 0 Å². The number of aliphatic hydroxyl groups excluding tert-OH is 1. The molecule has 0 aliphatic rings. The molecule has 3 rings (SSSR count). The molecule has 2 atom stereocenters. The molecule has 0 saturated carbocycles. The topological polar surface area (TPSA) is 68.7 Å². The van der Waals surface area contributed by atoms with Crippen LogP contribution in [-0.4, -0.2) is 29.1 Å². The number of aryl methyl sites for hydroxylation is 1. The summed E-state index contributed by atoms with van der Waals surface area (Å²) in [6.45, 7) is 11.5. The van der Waals surface area contributed by atoms with Gasteiger partial charge < -0.3 is 14.6 Å². The zero-order chi connectivity index (χ0) is 28.2. The van der Waals surface area contributed by atoms with Crippen LogP contribution in [0.1, 0.15) is 66.0 Å². The number of pyridine rings is 1. The summed E-state index contributed by atoms with van der Waals surface area (Å²) in [5.41, 5.74) is 5.04. The van der Waals surface area contributed by atoms with Crippen LogP contribution in [0.4, 0.5) is 0 Å². The standard InChI is InChI=1S/C34H43NO4/c1-6-24(3)22-38-33-18-17-28(21-34(33)39-23-25(4)7-2)27-11-8-12-29(20-27)32-16-10-14-30(35-32)13-9-15-31(37)19-26(5)36/h8,10-12,14,16-21,24-25,37H,6-7,9,13,15,22-23H2,1-5H3. The van der Waals surface area contributed by atoms with Crippen LogP contribution >= 0.6 is 0 Å². The summed E-state index contributed by atoms with van der Waals surface area (Å²) < 4.78 is 12.4. The molecule has 0 radical (unpaired) electrons. The smallest absolute Gasteiger partial charge is 0.161 e.